The molecule has 0 radical (unpaired) electrons. The highest BCUT2D eigenvalue weighted by Crippen LogP contribution is 2.42. The van der Waals surface area contributed by atoms with E-state index in [1.807, 2.05) is 87.5 Å². The lowest BCUT2D eigenvalue weighted by Crippen LogP contribution is -2.31. The fraction of sp³-hybridized carbons (Fsp3) is 0.0857. The molecule has 6 heteroatoms. The fourth-order valence-corrected chi connectivity index (χ4v) is 6.39. The Labute approximate surface area is 236 Å². The van der Waals surface area contributed by atoms with Gasteiger partial charge >= 0.3 is 0 Å². The number of nitrogens with zero attached hydrogens (tertiary/aromatic N) is 4. The van der Waals surface area contributed by atoms with Gasteiger partial charge in [0.05, 0.1) is 45.2 Å². The van der Waals surface area contributed by atoms with Gasteiger partial charge in [0, 0.05) is 28.7 Å². The lowest BCUT2D eigenvalue weighted by atomic mass is 9.97. The average molecular weight is 533 g/mol. The van der Waals surface area contributed by atoms with Crippen molar-refractivity contribution in [1.29, 1.82) is 5.26 Å². The van der Waals surface area contributed by atoms with Gasteiger partial charge in [-0.05, 0) is 67.8 Å². The Morgan fingerprint density at radius 1 is 0.756 bits per heavy atom. The molecule has 0 aliphatic carbocycles. The number of fused-ring (bicyclic) bond motifs is 4. The zero-order valence-electron chi connectivity index (χ0n) is 22.8. The van der Waals surface area contributed by atoms with E-state index in [4.69, 9.17) is 0 Å². The normalized spacial score (nSPS) is 12.8. The van der Waals surface area contributed by atoms with Gasteiger partial charge in [0.2, 0.25) is 0 Å². The molecule has 2 amide bonds. The summed E-state index contributed by atoms with van der Waals surface area (Å²) in [6.07, 6.45) is 3.33. The molecule has 4 aromatic carbocycles. The summed E-state index contributed by atoms with van der Waals surface area (Å²) in [5.41, 5.74) is 8.79. The number of anilines is 1. The number of benzene rings is 4. The van der Waals surface area contributed by atoms with Gasteiger partial charge in [-0.1, -0.05) is 54.1 Å². The number of aryl methyl sites for hydroxylation is 3. The molecule has 7 rings (SSSR count). The van der Waals surface area contributed by atoms with Crippen LogP contribution in [0, 0.1) is 32.1 Å². The second-order valence-corrected chi connectivity index (χ2v) is 10.5. The van der Waals surface area contributed by atoms with E-state index < -0.39 is 0 Å². The molecule has 196 valence electrons. The molecule has 1 aliphatic heterocycles. The second kappa shape index (κ2) is 9.00. The van der Waals surface area contributed by atoms with Gasteiger partial charge in [-0.2, -0.15) is 5.26 Å². The first-order valence-corrected chi connectivity index (χ1v) is 13.4. The van der Waals surface area contributed by atoms with Gasteiger partial charge in [-0.3, -0.25) is 14.6 Å². The van der Waals surface area contributed by atoms with E-state index in [0.717, 1.165) is 49.6 Å². The highest BCUT2D eigenvalue weighted by Gasteiger charge is 2.40. The number of carbonyl (C=O) groups excluding carboxylic acids is 2. The summed E-state index contributed by atoms with van der Waals surface area (Å²) in [5.74, 6) is -0.658. The van der Waals surface area contributed by atoms with Crippen LogP contribution < -0.4 is 4.90 Å². The number of rotatable bonds is 3. The highest BCUT2D eigenvalue weighted by atomic mass is 16.2. The molecule has 0 unspecified atom stereocenters. The molecule has 0 fully saturated rings. The van der Waals surface area contributed by atoms with Crippen LogP contribution >= 0.6 is 0 Å². The van der Waals surface area contributed by atoms with Gasteiger partial charge in [0.25, 0.3) is 11.8 Å². The molecule has 0 spiro atoms. The Kier molecular flexibility index (Phi) is 5.38. The zero-order valence-corrected chi connectivity index (χ0v) is 22.8. The number of carbonyl (C=O) groups is 2. The Morgan fingerprint density at radius 2 is 1.46 bits per heavy atom. The standard InChI is InChI=1S/C35H24N4O2/c1-20-16-21(2)33(22(3)17-20)39-34(40)26-10-7-13-30(32(26)35(39)41)38-28-11-5-4-8-25(28)31-24(9-6-12-29(31)38)27-19-37-15-14-23(27)18-36/h4-17,19H,1-3H3. The number of para-hydroxylation sites is 1. The smallest absolute Gasteiger partial charge is 0.268 e. The van der Waals surface area contributed by atoms with Gasteiger partial charge in [0.1, 0.15) is 0 Å². The first-order chi connectivity index (χ1) is 19.9. The van der Waals surface area contributed by atoms with Gasteiger partial charge in [0.15, 0.2) is 0 Å². The van der Waals surface area contributed by atoms with Crippen LogP contribution in [0.1, 0.15) is 43.0 Å². The third-order valence-electron chi connectivity index (χ3n) is 7.92. The van der Waals surface area contributed by atoms with Crippen LogP contribution in [0.2, 0.25) is 0 Å². The number of hydrogen-bond donors (Lipinski definition) is 0. The van der Waals surface area contributed by atoms with Crippen LogP contribution in [-0.4, -0.2) is 21.4 Å². The maximum Gasteiger partial charge on any atom is 0.268 e. The third kappa shape index (κ3) is 3.46. The van der Waals surface area contributed by atoms with E-state index >= 15 is 0 Å². The summed E-state index contributed by atoms with van der Waals surface area (Å²) in [5, 5.41) is 11.7. The van der Waals surface area contributed by atoms with Crippen LogP contribution in [0.15, 0.2) is 91.3 Å². The topological polar surface area (TPSA) is 79.0 Å². The lowest BCUT2D eigenvalue weighted by molar-refractivity contribution is 0.0925. The number of nitriles is 1. The van der Waals surface area contributed by atoms with Crippen LogP contribution in [0.3, 0.4) is 0 Å². The Hall–Kier alpha value is -5.54. The number of hydrogen-bond acceptors (Lipinski definition) is 4. The van der Waals surface area contributed by atoms with Crippen molar-refractivity contribution in [2.24, 2.45) is 0 Å². The van der Waals surface area contributed by atoms with E-state index in [9.17, 15) is 14.9 Å². The summed E-state index contributed by atoms with van der Waals surface area (Å²) in [6.45, 7) is 5.87. The van der Waals surface area contributed by atoms with Crippen molar-refractivity contribution in [2.75, 3.05) is 4.90 Å². The van der Waals surface area contributed by atoms with Gasteiger partial charge in [-0.15, -0.1) is 0 Å². The van der Waals surface area contributed by atoms with E-state index in [-0.39, 0.29) is 11.8 Å². The molecule has 0 bridgehead atoms. The number of imide groups is 1. The van der Waals surface area contributed by atoms with Gasteiger partial charge < -0.3 is 4.57 Å². The SMILES string of the molecule is Cc1cc(C)c(N2C(=O)c3cccc(-n4c5ccccc5c5c(-c6cnccc6C#N)cccc54)c3C2=O)c(C)c1. The van der Waals surface area contributed by atoms with Crippen molar-refractivity contribution >= 4 is 39.3 Å². The summed E-state index contributed by atoms with van der Waals surface area (Å²) < 4.78 is 2.05. The van der Waals surface area contributed by atoms with E-state index in [1.54, 1.807) is 24.5 Å². The van der Waals surface area contributed by atoms with Crippen molar-refractivity contribution in [3.05, 3.63) is 125 Å². The van der Waals surface area contributed by atoms with Crippen molar-refractivity contribution in [3.63, 3.8) is 0 Å². The van der Waals surface area contributed by atoms with E-state index in [2.05, 4.69) is 15.6 Å². The minimum Gasteiger partial charge on any atom is -0.308 e. The monoisotopic (exact) mass is 532 g/mol. The first kappa shape index (κ1) is 24.5. The summed E-state index contributed by atoms with van der Waals surface area (Å²) in [6, 6.07) is 27.4. The predicted octanol–water partition coefficient (Wildman–Crippen LogP) is 7.44. The molecule has 0 N–H and O–H groups in total. The zero-order chi connectivity index (χ0) is 28.4. The van der Waals surface area contributed by atoms with Crippen molar-refractivity contribution in [3.8, 4) is 22.9 Å². The number of pyridine rings is 1. The van der Waals surface area contributed by atoms with E-state index in [0.29, 0.717) is 28.1 Å². The third-order valence-corrected chi connectivity index (χ3v) is 7.92. The minimum atomic E-state index is -0.336. The predicted molar refractivity (Wildman–Crippen MR) is 161 cm³/mol. The van der Waals surface area contributed by atoms with Crippen LogP contribution in [-0.2, 0) is 0 Å². The maximum absolute atomic E-state index is 14.2. The van der Waals surface area contributed by atoms with E-state index in [1.165, 1.54) is 4.90 Å². The molecule has 0 saturated heterocycles. The van der Waals surface area contributed by atoms with Crippen molar-refractivity contribution in [2.45, 2.75) is 20.8 Å². The van der Waals surface area contributed by atoms with Gasteiger partial charge in [-0.25, -0.2) is 4.90 Å². The van der Waals surface area contributed by atoms with Crippen molar-refractivity contribution < 1.29 is 9.59 Å². The Morgan fingerprint density at radius 3 is 2.24 bits per heavy atom. The molecule has 3 heterocycles. The lowest BCUT2D eigenvalue weighted by Gasteiger charge is -2.20. The average Bonchev–Trinajstić information content (AvgIpc) is 3.44. The molecule has 6 nitrogen and oxygen atoms in total. The molecule has 6 aromatic rings. The van der Waals surface area contributed by atoms with Crippen LogP contribution in [0.4, 0.5) is 5.69 Å². The first-order valence-electron chi connectivity index (χ1n) is 13.4. The van der Waals surface area contributed by atoms with Crippen molar-refractivity contribution in [1.82, 2.24) is 9.55 Å². The molecule has 0 atom stereocenters. The molecular weight excluding hydrogens is 508 g/mol. The minimum absolute atomic E-state index is 0.322. The fourth-order valence-electron chi connectivity index (χ4n) is 6.39. The molecule has 1 aliphatic rings. The Balaban J connectivity index is 1.52. The largest absolute Gasteiger partial charge is 0.308 e. The summed E-state index contributed by atoms with van der Waals surface area (Å²) in [4.78, 5) is 33.6. The maximum atomic E-state index is 14.2. The quantitative estimate of drug-likeness (QED) is 0.222. The summed E-state index contributed by atoms with van der Waals surface area (Å²) in [7, 11) is 0. The Bertz CT molecular complexity index is 2130. The van der Waals surface area contributed by atoms with Crippen LogP contribution in [0.5, 0.6) is 0 Å². The van der Waals surface area contributed by atoms with Crippen LogP contribution in [0.25, 0.3) is 38.6 Å². The second-order valence-electron chi connectivity index (χ2n) is 10.5. The number of aromatic nitrogens is 2. The molecule has 2 aromatic heterocycles. The number of amides is 2. The molecule has 0 saturated carbocycles. The highest BCUT2D eigenvalue weighted by molar-refractivity contribution is 6.36. The molecule has 41 heavy (non-hydrogen) atoms. The summed E-state index contributed by atoms with van der Waals surface area (Å²) >= 11 is 0. The molecular formula is C35H24N4O2.